The molecule has 2 heteroatoms. The van der Waals surface area contributed by atoms with Gasteiger partial charge in [-0.3, -0.25) is 4.79 Å². The van der Waals surface area contributed by atoms with Crippen molar-refractivity contribution in [2.45, 2.75) is 13.0 Å². The average molecular weight is 188 g/mol. The van der Waals surface area contributed by atoms with Crippen molar-refractivity contribution in [3.8, 4) is 0 Å². The Hall–Kier alpha value is -1.41. The maximum atomic E-state index is 11.5. The molecule has 1 aliphatic rings. The maximum Gasteiger partial charge on any atom is 0.188 e. The zero-order valence-corrected chi connectivity index (χ0v) is 8.07. The fourth-order valence-electron chi connectivity index (χ4n) is 1.49. The smallest absolute Gasteiger partial charge is 0.188 e. The van der Waals surface area contributed by atoms with Crippen LogP contribution in [0.3, 0.4) is 0 Å². The number of carbonyl (C=O) groups excluding carboxylic acids is 1. The van der Waals surface area contributed by atoms with Crippen molar-refractivity contribution in [1.29, 1.82) is 0 Å². The number of benzene rings is 1. The molecule has 0 saturated heterocycles. The molecule has 1 atom stereocenters. The summed E-state index contributed by atoms with van der Waals surface area (Å²) >= 11 is 0. The highest BCUT2D eigenvalue weighted by molar-refractivity contribution is 5.94. The first-order chi connectivity index (χ1) is 6.77. The quantitative estimate of drug-likeness (QED) is 0.675. The molecule has 1 unspecified atom stereocenters. The fraction of sp³-hybridized carbons (Fsp3) is 0.250. The van der Waals surface area contributed by atoms with Crippen molar-refractivity contribution in [2.75, 3.05) is 6.61 Å². The molecule has 72 valence electrons. The van der Waals surface area contributed by atoms with Crippen LogP contribution in [0.25, 0.3) is 0 Å². The Morgan fingerprint density at radius 1 is 1.29 bits per heavy atom. The van der Waals surface area contributed by atoms with Gasteiger partial charge in [0.05, 0.1) is 6.61 Å². The molecule has 0 bridgehead atoms. The zero-order chi connectivity index (χ0) is 9.97. The van der Waals surface area contributed by atoms with Crippen LogP contribution in [0.4, 0.5) is 0 Å². The van der Waals surface area contributed by atoms with Gasteiger partial charge in [0.15, 0.2) is 5.78 Å². The van der Waals surface area contributed by atoms with E-state index in [4.69, 9.17) is 4.74 Å². The van der Waals surface area contributed by atoms with E-state index < -0.39 is 6.10 Å². The van der Waals surface area contributed by atoms with Gasteiger partial charge < -0.3 is 4.74 Å². The third-order valence-corrected chi connectivity index (χ3v) is 2.28. The molecule has 1 aliphatic heterocycles. The van der Waals surface area contributed by atoms with Crippen LogP contribution >= 0.6 is 0 Å². The molecule has 0 N–H and O–H groups in total. The molecule has 0 fully saturated rings. The third-order valence-electron chi connectivity index (χ3n) is 2.28. The summed E-state index contributed by atoms with van der Waals surface area (Å²) in [5.41, 5.74) is 2.12. The zero-order valence-electron chi connectivity index (χ0n) is 8.07. The summed E-state index contributed by atoms with van der Waals surface area (Å²) in [5.74, 6) is 0.0279. The Morgan fingerprint density at radius 2 is 2.00 bits per heavy atom. The second kappa shape index (κ2) is 3.76. The number of rotatable bonds is 1. The second-order valence-electron chi connectivity index (χ2n) is 3.43. The monoisotopic (exact) mass is 188 g/mol. The lowest BCUT2D eigenvalue weighted by atomic mass is 10.0. The summed E-state index contributed by atoms with van der Waals surface area (Å²) in [7, 11) is 0. The van der Waals surface area contributed by atoms with Gasteiger partial charge in [0, 0.05) is 0 Å². The van der Waals surface area contributed by atoms with Crippen molar-refractivity contribution < 1.29 is 9.53 Å². The van der Waals surface area contributed by atoms with E-state index in [1.54, 1.807) is 12.2 Å². The summed E-state index contributed by atoms with van der Waals surface area (Å²) in [6.07, 6.45) is 2.93. The standard InChI is InChI=1S/C12H12O2/c1-9-4-6-10(7-5-9)12-11(13)3-2-8-14-12/h2-7,12H,8H2,1H3. The molecule has 0 aliphatic carbocycles. The Kier molecular flexibility index (Phi) is 2.46. The first-order valence-electron chi connectivity index (χ1n) is 4.66. The van der Waals surface area contributed by atoms with Crippen LogP contribution in [0, 0.1) is 6.92 Å². The third kappa shape index (κ3) is 1.75. The number of hydrogen-bond donors (Lipinski definition) is 0. The van der Waals surface area contributed by atoms with Gasteiger partial charge in [0.25, 0.3) is 0 Å². The van der Waals surface area contributed by atoms with E-state index in [2.05, 4.69) is 0 Å². The maximum absolute atomic E-state index is 11.5. The Bertz CT molecular complexity index is 362. The summed E-state index contributed by atoms with van der Waals surface area (Å²) in [6.45, 7) is 2.54. The minimum Gasteiger partial charge on any atom is -0.361 e. The summed E-state index contributed by atoms with van der Waals surface area (Å²) in [6, 6.07) is 7.86. The number of aryl methyl sites for hydroxylation is 1. The predicted molar refractivity (Wildman–Crippen MR) is 54.0 cm³/mol. The Morgan fingerprint density at radius 3 is 2.64 bits per heavy atom. The van der Waals surface area contributed by atoms with Crippen LogP contribution in [0.1, 0.15) is 17.2 Å². The number of ketones is 1. The normalized spacial score (nSPS) is 21.2. The van der Waals surface area contributed by atoms with E-state index >= 15 is 0 Å². The van der Waals surface area contributed by atoms with E-state index in [9.17, 15) is 4.79 Å². The average Bonchev–Trinajstić information content (AvgIpc) is 2.20. The highest BCUT2D eigenvalue weighted by atomic mass is 16.5. The van der Waals surface area contributed by atoms with Crippen LogP contribution in [0.15, 0.2) is 36.4 Å². The largest absolute Gasteiger partial charge is 0.361 e. The Balaban J connectivity index is 2.26. The molecule has 0 radical (unpaired) electrons. The first kappa shape index (κ1) is 9.16. The predicted octanol–water partition coefficient (Wildman–Crippen LogP) is 2.19. The van der Waals surface area contributed by atoms with Crippen LogP contribution in [0.5, 0.6) is 0 Å². The van der Waals surface area contributed by atoms with Crippen LogP contribution in [-0.4, -0.2) is 12.4 Å². The van der Waals surface area contributed by atoms with Gasteiger partial charge in [-0.25, -0.2) is 0 Å². The molecule has 0 saturated carbocycles. The van der Waals surface area contributed by atoms with Crippen molar-refractivity contribution in [1.82, 2.24) is 0 Å². The number of carbonyl (C=O) groups is 1. The van der Waals surface area contributed by atoms with Gasteiger partial charge in [0.1, 0.15) is 6.10 Å². The van der Waals surface area contributed by atoms with Gasteiger partial charge in [-0.05, 0) is 18.6 Å². The summed E-state index contributed by atoms with van der Waals surface area (Å²) in [4.78, 5) is 11.5. The van der Waals surface area contributed by atoms with Gasteiger partial charge in [-0.1, -0.05) is 35.9 Å². The molecule has 1 heterocycles. The van der Waals surface area contributed by atoms with Crippen LogP contribution < -0.4 is 0 Å². The van der Waals surface area contributed by atoms with Crippen LogP contribution in [0.2, 0.25) is 0 Å². The van der Waals surface area contributed by atoms with Gasteiger partial charge in [-0.2, -0.15) is 0 Å². The number of ether oxygens (including phenoxy) is 1. The van der Waals surface area contributed by atoms with Gasteiger partial charge in [0.2, 0.25) is 0 Å². The van der Waals surface area contributed by atoms with E-state index in [0.717, 1.165) is 5.56 Å². The molecule has 14 heavy (non-hydrogen) atoms. The highest BCUT2D eigenvalue weighted by Gasteiger charge is 2.20. The van der Waals surface area contributed by atoms with E-state index in [1.807, 2.05) is 31.2 Å². The fourth-order valence-corrected chi connectivity index (χ4v) is 1.49. The molecule has 0 spiro atoms. The van der Waals surface area contributed by atoms with Gasteiger partial charge >= 0.3 is 0 Å². The minimum absolute atomic E-state index is 0.0279. The van der Waals surface area contributed by atoms with Crippen molar-refractivity contribution in [2.24, 2.45) is 0 Å². The second-order valence-corrected chi connectivity index (χ2v) is 3.43. The highest BCUT2D eigenvalue weighted by Crippen LogP contribution is 2.21. The molecular formula is C12H12O2. The van der Waals surface area contributed by atoms with Crippen LogP contribution in [-0.2, 0) is 9.53 Å². The lowest BCUT2D eigenvalue weighted by Crippen LogP contribution is -2.17. The lowest BCUT2D eigenvalue weighted by molar-refractivity contribution is -0.126. The lowest BCUT2D eigenvalue weighted by Gasteiger charge is -2.17. The SMILES string of the molecule is Cc1ccc(C2OCC=CC2=O)cc1. The first-order valence-corrected chi connectivity index (χ1v) is 4.66. The number of hydrogen-bond acceptors (Lipinski definition) is 2. The molecular weight excluding hydrogens is 176 g/mol. The topological polar surface area (TPSA) is 26.3 Å². The van der Waals surface area contributed by atoms with Crippen molar-refractivity contribution >= 4 is 5.78 Å². The summed E-state index contributed by atoms with van der Waals surface area (Å²) < 4.78 is 5.38. The summed E-state index contributed by atoms with van der Waals surface area (Å²) in [5, 5.41) is 0. The van der Waals surface area contributed by atoms with Gasteiger partial charge in [-0.15, -0.1) is 0 Å². The van der Waals surface area contributed by atoms with Crippen molar-refractivity contribution in [3.63, 3.8) is 0 Å². The van der Waals surface area contributed by atoms with E-state index in [1.165, 1.54) is 5.56 Å². The molecule has 1 aromatic carbocycles. The molecule has 2 rings (SSSR count). The molecule has 2 nitrogen and oxygen atoms in total. The molecule has 1 aromatic rings. The van der Waals surface area contributed by atoms with E-state index in [0.29, 0.717) is 6.61 Å². The van der Waals surface area contributed by atoms with E-state index in [-0.39, 0.29) is 5.78 Å². The minimum atomic E-state index is -0.402. The Labute approximate surface area is 83.2 Å². The van der Waals surface area contributed by atoms with Crippen molar-refractivity contribution in [3.05, 3.63) is 47.5 Å². The molecule has 0 amide bonds. The molecule has 0 aromatic heterocycles.